The number of nitrogens with one attached hydrogen (secondary N) is 1. The summed E-state index contributed by atoms with van der Waals surface area (Å²) in [6, 6.07) is 13.6. The standard InChI is InChI=1S/C20H17ClN4OS/c1-12-7-8-15(9-13(12)2)25-19(26)16-10-22-24-18(16)23-20(25)27-11-14-5-3-4-6-17(14)21/h3-10H,11H2,1-2H3,(H,22,24). The van der Waals surface area contributed by atoms with Crippen LogP contribution in [0.2, 0.25) is 5.02 Å². The van der Waals surface area contributed by atoms with Gasteiger partial charge >= 0.3 is 0 Å². The summed E-state index contributed by atoms with van der Waals surface area (Å²) in [5, 5.41) is 8.53. The molecule has 0 saturated heterocycles. The molecule has 0 aliphatic carbocycles. The third-order valence-corrected chi connectivity index (χ3v) is 5.87. The third-order valence-electron chi connectivity index (χ3n) is 4.51. The molecule has 2 heterocycles. The smallest absolute Gasteiger partial charge is 0.268 e. The zero-order valence-electron chi connectivity index (χ0n) is 14.9. The molecule has 2 aromatic carbocycles. The highest BCUT2D eigenvalue weighted by Gasteiger charge is 2.15. The first kappa shape index (κ1) is 17.8. The van der Waals surface area contributed by atoms with Crippen LogP contribution in [-0.4, -0.2) is 19.7 Å². The number of H-pyrrole nitrogens is 1. The molecule has 1 N–H and O–H groups in total. The van der Waals surface area contributed by atoms with Crippen molar-refractivity contribution in [2.24, 2.45) is 0 Å². The van der Waals surface area contributed by atoms with Crippen molar-refractivity contribution in [2.75, 3.05) is 0 Å². The Morgan fingerprint density at radius 1 is 1.15 bits per heavy atom. The molecule has 136 valence electrons. The number of aromatic amines is 1. The van der Waals surface area contributed by atoms with Gasteiger partial charge in [-0.15, -0.1) is 0 Å². The van der Waals surface area contributed by atoms with Crippen LogP contribution in [0.25, 0.3) is 16.7 Å². The Bertz CT molecular complexity index is 1200. The highest BCUT2D eigenvalue weighted by molar-refractivity contribution is 7.98. The lowest BCUT2D eigenvalue weighted by Gasteiger charge is -2.13. The number of aryl methyl sites for hydroxylation is 2. The summed E-state index contributed by atoms with van der Waals surface area (Å²) in [5.74, 6) is 0.608. The first-order valence-corrected chi connectivity index (χ1v) is 9.81. The molecule has 27 heavy (non-hydrogen) atoms. The lowest BCUT2D eigenvalue weighted by atomic mass is 10.1. The number of thioether (sulfide) groups is 1. The van der Waals surface area contributed by atoms with Crippen LogP contribution in [-0.2, 0) is 5.75 Å². The molecule has 7 heteroatoms. The number of aromatic nitrogens is 4. The van der Waals surface area contributed by atoms with Crippen molar-refractivity contribution in [3.8, 4) is 5.69 Å². The van der Waals surface area contributed by atoms with Gasteiger partial charge < -0.3 is 0 Å². The number of halogens is 1. The molecule has 0 aliphatic heterocycles. The molecule has 0 amide bonds. The quantitative estimate of drug-likeness (QED) is 0.402. The van der Waals surface area contributed by atoms with Crippen LogP contribution in [0.15, 0.2) is 58.6 Å². The maximum Gasteiger partial charge on any atom is 0.269 e. The molecule has 4 aromatic rings. The van der Waals surface area contributed by atoms with E-state index in [1.807, 2.05) is 56.3 Å². The van der Waals surface area contributed by atoms with Crippen molar-refractivity contribution in [3.05, 3.63) is 80.7 Å². The summed E-state index contributed by atoms with van der Waals surface area (Å²) in [6.07, 6.45) is 1.52. The lowest BCUT2D eigenvalue weighted by molar-refractivity contribution is 0.814. The Hall–Kier alpha value is -2.57. The van der Waals surface area contributed by atoms with Crippen LogP contribution in [0.3, 0.4) is 0 Å². The van der Waals surface area contributed by atoms with E-state index in [2.05, 4.69) is 15.2 Å². The van der Waals surface area contributed by atoms with Crippen molar-refractivity contribution >= 4 is 34.4 Å². The molecule has 4 rings (SSSR count). The molecule has 0 unspecified atom stereocenters. The van der Waals surface area contributed by atoms with Gasteiger partial charge in [-0.05, 0) is 48.7 Å². The number of benzene rings is 2. The van der Waals surface area contributed by atoms with Gasteiger partial charge in [0.1, 0.15) is 5.39 Å². The zero-order chi connectivity index (χ0) is 19.0. The molecular formula is C20H17ClN4OS. The fourth-order valence-electron chi connectivity index (χ4n) is 2.82. The maximum absolute atomic E-state index is 13.1. The van der Waals surface area contributed by atoms with Crippen molar-refractivity contribution in [1.82, 2.24) is 19.7 Å². The topological polar surface area (TPSA) is 63.6 Å². The molecule has 0 aliphatic rings. The first-order chi connectivity index (χ1) is 13.0. The summed E-state index contributed by atoms with van der Waals surface area (Å²) < 4.78 is 1.64. The maximum atomic E-state index is 13.1. The zero-order valence-corrected chi connectivity index (χ0v) is 16.4. The largest absolute Gasteiger partial charge is 0.269 e. The molecule has 0 atom stereocenters. The molecule has 5 nitrogen and oxygen atoms in total. The van der Waals surface area contributed by atoms with Crippen LogP contribution < -0.4 is 5.56 Å². The number of rotatable bonds is 4. The van der Waals surface area contributed by atoms with Crippen molar-refractivity contribution in [1.29, 1.82) is 0 Å². The van der Waals surface area contributed by atoms with Crippen molar-refractivity contribution in [2.45, 2.75) is 24.8 Å². The SMILES string of the molecule is Cc1ccc(-n2c(SCc3ccccc3Cl)nc3[nH]ncc3c2=O)cc1C. The molecule has 0 radical (unpaired) electrons. The Morgan fingerprint density at radius 3 is 2.74 bits per heavy atom. The molecule has 0 bridgehead atoms. The van der Waals surface area contributed by atoms with Gasteiger partial charge in [-0.3, -0.25) is 14.5 Å². The van der Waals surface area contributed by atoms with E-state index in [1.54, 1.807) is 4.57 Å². The van der Waals surface area contributed by atoms with E-state index in [-0.39, 0.29) is 5.56 Å². The minimum absolute atomic E-state index is 0.140. The van der Waals surface area contributed by atoms with E-state index in [1.165, 1.54) is 23.5 Å². The molecular weight excluding hydrogens is 380 g/mol. The van der Waals surface area contributed by atoms with E-state index in [0.717, 1.165) is 16.8 Å². The number of fused-ring (bicyclic) bond motifs is 1. The van der Waals surface area contributed by atoms with Crippen molar-refractivity contribution < 1.29 is 0 Å². The van der Waals surface area contributed by atoms with E-state index >= 15 is 0 Å². The van der Waals surface area contributed by atoms with Gasteiger partial charge in [0, 0.05) is 10.8 Å². The molecule has 0 fully saturated rings. The van der Waals surface area contributed by atoms with Crippen LogP contribution in [0, 0.1) is 13.8 Å². The summed E-state index contributed by atoms with van der Waals surface area (Å²) in [7, 11) is 0. The molecule has 0 spiro atoms. The van der Waals surface area contributed by atoms with Gasteiger partial charge in [-0.2, -0.15) is 5.10 Å². The highest BCUT2D eigenvalue weighted by Crippen LogP contribution is 2.27. The normalized spacial score (nSPS) is 11.2. The summed E-state index contributed by atoms with van der Waals surface area (Å²) in [6.45, 7) is 4.08. The Kier molecular flexibility index (Phi) is 4.76. The highest BCUT2D eigenvalue weighted by atomic mass is 35.5. The average Bonchev–Trinajstić information content (AvgIpc) is 3.13. The van der Waals surface area contributed by atoms with Crippen LogP contribution in [0.4, 0.5) is 0 Å². The summed E-state index contributed by atoms with van der Waals surface area (Å²) in [4.78, 5) is 17.7. The predicted molar refractivity (Wildman–Crippen MR) is 110 cm³/mol. The van der Waals surface area contributed by atoms with Gasteiger partial charge in [0.2, 0.25) is 0 Å². The molecule has 0 saturated carbocycles. The van der Waals surface area contributed by atoms with Crippen LogP contribution in [0.1, 0.15) is 16.7 Å². The Labute approximate surface area is 165 Å². The van der Waals surface area contributed by atoms with Gasteiger partial charge in [-0.25, -0.2) is 4.98 Å². The first-order valence-electron chi connectivity index (χ1n) is 8.44. The van der Waals surface area contributed by atoms with Crippen LogP contribution in [0.5, 0.6) is 0 Å². The lowest BCUT2D eigenvalue weighted by Crippen LogP contribution is -2.21. The fourth-order valence-corrected chi connectivity index (χ4v) is 4.11. The van der Waals surface area contributed by atoms with Gasteiger partial charge in [0.25, 0.3) is 5.56 Å². The van der Waals surface area contributed by atoms with E-state index in [0.29, 0.717) is 27.0 Å². The second-order valence-corrected chi connectivity index (χ2v) is 7.67. The Balaban J connectivity index is 1.84. The number of hydrogen-bond acceptors (Lipinski definition) is 4. The Morgan fingerprint density at radius 2 is 1.96 bits per heavy atom. The minimum Gasteiger partial charge on any atom is -0.268 e. The monoisotopic (exact) mass is 396 g/mol. The van der Waals surface area contributed by atoms with E-state index in [9.17, 15) is 4.79 Å². The van der Waals surface area contributed by atoms with Gasteiger partial charge in [0.05, 0.1) is 11.9 Å². The summed E-state index contributed by atoms with van der Waals surface area (Å²) >= 11 is 7.75. The van der Waals surface area contributed by atoms with E-state index < -0.39 is 0 Å². The van der Waals surface area contributed by atoms with Crippen molar-refractivity contribution in [3.63, 3.8) is 0 Å². The number of hydrogen-bond donors (Lipinski definition) is 1. The number of nitrogens with zero attached hydrogens (tertiary/aromatic N) is 3. The van der Waals surface area contributed by atoms with Gasteiger partial charge in [0.15, 0.2) is 10.8 Å². The van der Waals surface area contributed by atoms with Gasteiger partial charge in [-0.1, -0.05) is 47.6 Å². The summed E-state index contributed by atoms with van der Waals surface area (Å²) in [5.41, 5.74) is 4.43. The molecule has 2 aromatic heterocycles. The fraction of sp³-hybridized carbons (Fsp3) is 0.150. The van der Waals surface area contributed by atoms with E-state index in [4.69, 9.17) is 11.6 Å². The second kappa shape index (κ2) is 7.21. The predicted octanol–water partition coefficient (Wildman–Crippen LogP) is 4.67. The van der Waals surface area contributed by atoms with Crippen LogP contribution >= 0.6 is 23.4 Å². The second-order valence-electron chi connectivity index (χ2n) is 6.32. The minimum atomic E-state index is -0.140. The average molecular weight is 397 g/mol. The third kappa shape index (κ3) is 3.38.